The molecule has 4 heteroatoms. The summed E-state index contributed by atoms with van der Waals surface area (Å²) in [5.41, 5.74) is 4.03. The molecular weight excluding hydrogens is 324 g/mol. The van der Waals surface area contributed by atoms with Crippen LogP contribution in [0.1, 0.15) is 54.2 Å². The highest BCUT2D eigenvalue weighted by atomic mass is 16.3. The number of amides is 1. The van der Waals surface area contributed by atoms with Crippen molar-refractivity contribution in [2.24, 2.45) is 0 Å². The minimum absolute atomic E-state index is 0.0940. The molecule has 0 unspecified atom stereocenters. The molecule has 1 aromatic heterocycles. The lowest BCUT2D eigenvalue weighted by molar-refractivity contribution is -0.120. The Bertz CT molecular complexity index is 733. The van der Waals surface area contributed by atoms with Gasteiger partial charge in [0.15, 0.2) is 0 Å². The van der Waals surface area contributed by atoms with Gasteiger partial charge in [-0.1, -0.05) is 18.2 Å². The van der Waals surface area contributed by atoms with Crippen molar-refractivity contribution >= 4 is 5.91 Å². The molecule has 4 rings (SSSR count). The van der Waals surface area contributed by atoms with Gasteiger partial charge in [0.25, 0.3) is 0 Å². The van der Waals surface area contributed by atoms with Crippen molar-refractivity contribution in [3.05, 3.63) is 59.0 Å². The van der Waals surface area contributed by atoms with E-state index in [1.54, 1.807) is 6.26 Å². The molecule has 26 heavy (non-hydrogen) atoms. The van der Waals surface area contributed by atoms with Crippen LogP contribution in [-0.2, 0) is 24.1 Å². The van der Waals surface area contributed by atoms with E-state index in [1.165, 1.54) is 43.2 Å². The Morgan fingerprint density at radius 2 is 1.88 bits per heavy atom. The van der Waals surface area contributed by atoms with Crippen LogP contribution in [0.3, 0.4) is 0 Å². The Morgan fingerprint density at radius 3 is 2.65 bits per heavy atom. The van der Waals surface area contributed by atoms with Gasteiger partial charge >= 0.3 is 0 Å². The summed E-state index contributed by atoms with van der Waals surface area (Å²) < 4.78 is 5.63. The first kappa shape index (κ1) is 17.3. The average molecular weight is 352 g/mol. The van der Waals surface area contributed by atoms with Gasteiger partial charge in [-0.2, -0.15) is 0 Å². The van der Waals surface area contributed by atoms with Gasteiger partial charge in [0.1, 0.15) is 5.76 Å². The number of likely N-dealkylation sites (tertiary alicyclic amines) is 1. The fourth-order valence-electron chi connectivity index (χ4n) is 4.30. The van der Waals surface area contributed by atoms with E-state index in [1.807, 2.05) is 12.1 Å². The Hall–Kier alpha value is -2.07. The maximum Gasteiger partial charge on any atom is 0.224 e. The Morgan fingerprint density at radius 1 is 1.08 bits per heavy atom. The lowest BCUT2D eigenvalue weighted by Crippen LogP contribution is -2.37. The monoisotopic (exact) mass is 352 g/mol. The number of carbonyl (C=O) groups is 1. The molecule has 2 aromatic rings. The molecule has 1 aliphatic carbocycles. The minimum Gasteiger partial charge on any atom is -0.468 e. The van der Waals surface area contributed by atoms with E-state index >= 15 is 0 Å². The second-order valence-corrected chi connectivity index (χ2v) is 7.57. The van der Waals surface area contributed by atoms with Gasteiger partial charge in [0.05, 0.1) is 18.7 Å². The van der Waals surface area contributed by atoms with E-state index < -0.39 is 0 Å². The summed E-state index contributed by atoms with van der Waals surface area (Å²) in [6, 6.07) is 10.6. The normalized spacial score (nSPS) is 18.5. The fourth-order valence-corrected chi connectivity index (χ4v) is 4.30. The molecule has 1 amide bonds. The molecule has 1 atom stereocenters. The zero-order chi connectivity index (χ0) is 17.8. The third kappa shape index (κ3) is 4.01. The second-order valence-electron chi connectivity index (χ2n) is 7.57. The number of fused-ring (bicyclic) bond motifs is 1. The smallest absolute Gasteiger partial charge is 0.224 e. The highest BCUT2D eigenvalue weighted by Crippen LogP contribution is 2.25. The minimum atomic E-state index is 0.0940. The largest absolute Gasteiger partial charge is 0.468 e. The third-order valence-corrected chi connectivity index (χ3v) is 5.72. The standard InChI is InChI=1S/C22H28N2O2/c25-22(15-17-9-10-18-6-1-2-7-19(18)14-17)23-16-20(21-8-5-13-26-21)24-11-3-4-12-24/h5,8-10,13-14,20H,1-4,6-7,11-12,15-16H2,(H,23,25)/t20-/m1/s1. The molecule has 4 nitrogen and oxygen atoms in total. The maximum atomic E-state index is 12.5. The van der Waals surface area contributed by atoms with Crippen LogP contribution in [0.2, 0.25) is 0 Å². The van der Waals surface area contributed by atoms with Crippen molar-refractivity contribution < 1.29 is 9.21 Å². The van der Waals surface area contributed by atoms with E-state index in [4.69, 9.17) is 4.42 Å². The fraction of sp³-hybridized carbons (Fsp3) is 0.500. The number of furan rings is 1. The summed E-state index contributed by atoms with van der Waals surface area (Å²) in [6.07, 6.45) is 9.51. The van der Waals surface area contributed by atoms with E-state index in [9.17, 15) is 4.79 Å². The summed E-state index contributed by atoms with van der Waals surface area (Å²) in [4.78, 5) is 14.9. The number of nitrogens with one attached hydrogen (secondary N) is 1. The van der Waals surface area contributed by atoms with Crippen molar-refractivity contribution in [1.29, 1.82) is 0 Å². The van der Waals surface area contributed by atoms with E-state index in [-0.39, 0.29) is 11.9 Å². The van der Waals surface area contributed by atoms with Gasteiger partial charge in [-0.3, -0.25) is 9.69 Å². The molecule has 1 aliphatic heterocycles. The van der Waals surface area contributed by atoms with E-state index in [2.05, 4.69) is 28.4 Å². The molecule has 2 aliphatic rings. The molecule has 0 spiro atoms. The molecule has 2 heterocycles. The molecule has 1 saturated heterocycles. The Balaban J connectivity index is 1.36. The van der Waals surface area contributed by atoms with E-state index in [0.717, 1.165) is 30.8 Å². The first-order valence-corrected chi connectivity index (χ1v) is 9.94. The summed E-state index contributed by atoms with van der Waals surface area (Å²) in [6.45, 7) is 2.76. The summed E-state index contributed by atoms with van der Waals surface area (Å²) in [7, 11) is 0. The summed E-state index contributed by atoms with van der Waals surface area (Å²) >= 11 is 0. The van der Waals surface area contributed by atoms with Gasteiger partial charge < -0.3 is 9.73 Å². The van der Waals surface area contributed by atoms with Gasteiger partial charge in [-0.25, -0.2) is 0 Å². The van der Waals surface area contributed by atoms with Crippen molar-refractivity contribution in [1.82, 2.24) is 10.2 Å². The number of benzene rings is 1. The van der Waals surface area contributed by atoms with Gasteiger partial charge in [0, 0.05) is 6.54 Å². The zero-order valence-electron chi connectivity index (χ0n) is 15.4. The van der Waals surface area contributed by atoms with Crippen LogP contribution in [0.5, 0.6) is 0 Å². The summed E-state index contributed by atoms with van der Waals surface area (Å²) in [5, 5.41) is 3.14. The second kappa shape index (κ2) is 8.09. The van der Waals surface area contributed by atoms with Crippen molar-refractivity contribution in [3.63, 3.8) is 0 Å². The predicted molar refractivity (Wildman–Crippen MR) is 102 cm³/mol. The molecule has 1 fully saturated rings. The number of aryl methyl sites for hydroxylation is 2. The molecule has 0 saturated carbocycles. The lowest BCUT2D eigenvalue weighted by atomic mass is 9.90. The molecule has 1 aromatic carbocycles. The maximum absolute atomic E-state index is 12.5. The van der Waals surface area contributed by atoms with Crippen LogP contribution >= 0.6 is 0 Å². The zero-order valence-corrected chi connectivity index (χ0v) is 15.4. The quantitative estimate of drug-likeness (QED) is 0.863. The van der Waals surface area contributed by atoms with Crippen LogP contribution in [-0.4, -0.2) is 30.4 Å². The van der Waals surface area contributed by atoms with Crippen molar-refractivity contribution in [3.8, 4) is 0 Å². The molecule has 0 bridgehead atoms. The van der Waals surface area contributed by atoms with E-state index in [0.29, 0.717) is 13.0 Å². The SMILES string of the molecule is O=C(Cc1ccc2c(c1)CCCC2)NC[C@H](c1ccco1)N1CCCC1. The third-order valence-electron chi connectivity index (χ3n) is 5.72. The molecular formula is C22H28N2O2. The number of hydrogen-bond acceptors (Lipinski definition) is 3. The highest BCUT2D eigenvalue weighted by molar-refractivity contribution is 5.78. The predicted octanol–water partition coefficient (Wildman–Crippen LogP) is 3.65. The van der Waals surface area contributed by atoms with Gasteiger partial charge in [-0.05, 0) is 80.4 Å². The Labute approximate surface area is 155 Å². The molecule has 0 radical (unpaired) electrons. The van der Waals surface area contributed by atoms with Crippen LogP contribution in [0, 0.1) is 0 Å². The average Bonchev–Trinajstić information content (AvgIpc) is 3.36. The molecule has 138 valence electrons. The van der Waals surface area contributed by atoms with Crippen molar-refractivity contribution in [2.45, 2.75) is 51.0 Å². The van der Waals surface area contributed by atoms with Crippen molar-refractivity contribution in [2.75, 3.05) is 19.6 Å². The lowest BCUT2D eigenvalue weighted by Gasteiger charge is -2.26. The van der Waals surface area contributed by atoms with Gasteiger partial charge in [-0.15, -0.1) is 0 Å². The number of nitrogens with zero attached hydrogens (tertiary/aromatic N) is 1. The van der Waals surface area contributed by atoms with Crippen LogP contribution in [0.4, 0.5) is 0 Å². The first-order chi connectivity index (χ1) is 12.8. The highest BCUT2D eigenvalue weighted by Gasteiger charge is 2.25. The van der Waals surface area contributed by atoms with Crippen LogP contribution in [0.15, 0.2) is 41.0 Å². The Kier molecular flexibility index (Phi) is 5.40. The summed E-state index contributed by atoms with van der Waals surface area (Å²) in [5.74, 6) is 1.04. The van der Waals surface area contributed by atoms with Gasteiger partial charge in [0.2, 0.25) is 5.91 Å². The molecule has 1 N–H and O–H groups in total. The van der Waals surface area contributed by atoms with Crippen LogP contribution in [0.25, 0.3) is 0 Å². The number of carbonyl (C=O) groups excluding carboxylic acids is 1. The first-order valence-electron chi connectivity index (χ1n) is 9.94. The van der Waals surface area contributed by atoms with Crippen LogP contribution < -0.4 is 5.32 Å². The topological polar surface area (TPSA) is 45.5 Å². The number of hydrogen-bond donors (Lipinski definition) is 1. The number of rotatable bonds is 6.